The Hall–Kier alpha value is -2.33. The third kappa shape index (κ3) is 3.16. The number of nitrogens with one attached hydrogen (secondary N) is 1. The third-order valence-electron chi connectivity index (χ3n) is 2.77. The molecule has 0 spiro atoms. The summed E-state index contributed by atoms with van der Waals surface area (Å²) in [6, 6.07) is 15.0. The molecule has 0 aliphatic carbocycles. The van der Waals surface area contributed by atoms with E-state index < -0.39 is 17.8 Å². The molecule has 0 bridgehead atoms. The molecule has 1 unspecified atom stereocenters. The van der Waals surface area contributed by atoms with E-state index in [1.807, 2.05) is 0 Å². The molecule has 0 saturated carbocycles. The fourth-order valence-corrected chi connectivity index (χ4v) is 2.00. The normalized spacial score (nSPS) is 11.7. The number of aliphatic carboxylic acids is 1. The van der Waals surface area contributed by atoms with Crippen molar-refractivity contribution in [3.63, 3.8) is 0 Å². The van der Waals surface area contributed by atoms with Crippen LogP contribution < -0.4 is 5.32 Å². The number of hydrogen-bond acceptors (Lipinski definition) is 2. The summed E-state index contributed by atoms with van der Waals surface area (Å²) in [5.41, 5.74) is 0.811. The Bertz CT molecular complexity index is 628. The molecule has 0 aliphatic heterocycles. The van der Waals surface area contributed by atoms with Crippen LogP contribution in [0.25, 0.3) is 0 Å². The maximum atomic E-state index is 12.2. The van der Waals surface area contributed by atoms with E-state index in [1.165, 1.54) is 0 Å². The van der Waals surface area contributed by atoms with E-state index in [4.69, 9.17) is 11.6 Å². The van der Waals surface area contributed by atoms with Gasteiger partial charge in [-0.25, -0.2) is 0 Å². The Morgan fingerprint density at radius 2 is 1.60 bits per heavy atom. The van der Waals surface area contributed by atoms with Gasteiger partial charge >= 0.3 is 5.97 Å². The Kier molecular flexibility index (Phi) is 4.38. The number of amides is 1. The molecule has 2 aromatic carbocycles. The quantitative estimate of drug-likeness (QED) is 0.850. The second kappa shape index (κ2) is 6.21. The molecule has 4 nitrogen and oxygen atoms in total. The zero-order valence-corrected chi connectivity index (χ0v) is 11.2. The van der Waals surface area contributed by atoms with Crippen LogP contribution in [0.5, 0.6) is 0 Å². The first-order valence-corrected chi connectivity index (χ1v) is 6.30. The topological polar surface area (TPSA) is 66.4 Å². The van der Waals surface area contributed by atoms with Crippen molar-refractivity contribution in [1.29, 1.82) is 0 Å². The number of carboxylic acids is 1. The van der Waals surface area contributed by atoms with Gasteiger partial charge in [-0.1, -0.05) is 54.1 Å². The molecule has 1 atom stereocenters. The van der Waals surface area contributed by atoms with Gasteiger partial charge in [-0.15, -0.1) is 0 Å². The van der Waals surface area contributed by atoms with E-state index in [0.29, 0.717) is 16.3 Å². The highest BCUT2D eigenvalue weighted by molar-refractivity contribution is 6.33. The van der Waals surface area contributed by atoms with Crippen LogP contribution in [-0.2, 0) is 9.59 Å². The minimum atomic E-state index is -1.27. The summed E-state index contributed by atoms with van der Waals surface area (Å²) in [5, 5.41) is 12.1. The van der Waals surface area contributed by atoms with E-state index in [2.05, 4.69) is 5.32 Å². The molecule has 102 valence electrons. The molecule has 0 heterocycles. The second-order valence-electron chi connectivity index (χ2n) is 4.15. The fourth-order valence-electron chi connectivity index (χ4n) is 1.82. The van der Waals surface area contributed by atoms with Crippen LogP contribution in [0.3, 0.4) is 0 Å². The summed E-state index contributed by atoms with van der Waals surface area (Å²) in [6.07, 6.45) is 0. The second-order valence-corrected chi connectivity index (χ2v) is 4.56. The van der Waals surface area contributed by atoms with Gasteiger partial charge in [-0.2, -0.15) is 0 Å². The standard InChI is InChI=1S/C15H12ClNO3/c16-11-8-4-5-9-12(11)17-14(18)13(15(19)20)10-6-2-1-3-7-10/h1-9,13H,(H,17,18)(H,19,20). The largest absolute Gasteiger partial charge is 0.480 e. The number of para-hydroxylation sites is 1. The predicted octanol–water partition coefficient (Wildman–Crippen LogP) is 3.15. The smallest absolute Gasteiger partial charge is 0.320 e. The van der Waals surface area contributed by atoms with E-state index in [9.17, 15) is 14.7 Å². The van der Waals surface area contributed by atoms with E-state index in [-0.39, 0.29) is 0 Å². The number of halogens is 1. The number of anilines is 1. The molecule has 2 rings (SSSR count). The summed E-state index contributed by atoms with van der Waals surface area (Å²) < 4.78 is 0. The van der Waals surface area contributed by atoms with Gasteiger partial charge < -0.3 is 10.4 Å². The van der Waals surface area contributed by atoms with Crippen molar-refractivity contribution in [3.8, 4) is 0 Å². The van der Waals surface area contributed by atoms with Crippen molar-refractivity contribution in [2.24, 2.45) is 0 Å². The van der Waals surface area contributed by atoms with Crippen molar-refractivity contribution >= 4 is 29.2 Å². The summed E-state index contributed by atoms with van der Waals surface area (Å²) in [6.45, 7) is 0. The molecule has 2 aromatic rings. The number of benzene rings is 2. The lowest BCUT2D eigenvalue weighted by Crippen LogP contribution is -2.27. The molecule has 1 amide bonds. The van der Waals surface area contributed by atoms with Gasteiger partial charge in [0.25, 0.3) is 0 Å². The Morgan fingerprint density at radius 1 is 1.00 bits per heavy atom. The van der Waals surface area contributed by atoms with Crippen LogP contribution in [0, 0.1) is 0 Å². The van der Waals surface area contributed by atoms with Crippen molar-refractivity contribution in [1.82, 2.24) is 0 Å². The van der Waals surface area contributed by atoms with E-state index >= 15 is 0 Å². The summed E-state index contributed by atoms with van der Waals surface area (Å²) >= 11 is 5.94. The first-order chi connectivity index (χ1) is 9.59. The lowest BCUT2D eigenvalue weighted by molar-refractivity contribution is -0.141. The van der Waals surface area contributed by atoms with Gasteiger partial charge in [0, 0.05) is 0 Å². The molecule has 5 heteroatoms. The third-order valence-corrected chi connectivity index (χ3v) is 3.10. The number of rotatable bonds is 4. The van der Waals surface area contributed by atoms with Gasteiger partial charge in [0.2, 0.25) is 5.91 Å². The Balaban J connectivity index is 2.25. The predicted molar refractivity (Wildman–Crippen MR) is 76.9 cm³/mol. The summed E-state index contributed by atoms with van der Waals surface area (Å²) in [7, 11) is 0. The van der Waals surface area contributed by atoms with Crippen LogP contribution in [0.15, 0.2) is 54.6 Å². The lowest BCUT2D eigenvalue weighted by Gasteiger charge is -2.13. The van der Waals surface area contributed by atoms with Gasteiger partial charge in [0.1, 0.15) is 0 Å². The number of carboxylic acid groups (broad SMARTS) is 1. The highest BCUT2D eigenvalue weighted by Gasteiger charge is 2.28. The molecule has 0 aliphatic rings. The number of hydrogen-bond donors (Lipinski definition) is 2. The molecular formula is C15H12ClNO3. The van der Waals surface area contributed by atoms with Gasteiger partial charge in [-0.3, -0.25) is 9.59 Å². The molecule has 0 radical (unpaired) electrons. The number of carbonyl (C=O) groups excluding carboxylic acids is 1. The van der Waals surface area contributed by atoms with Crippen molar-refractivity contribution in [2.75, 3.05) is 5.32 Å². The van der Waals surface area contributed by atoms with Crippen molar-refractivity contribution < 1.29 is 14.7 Å². The first kappa shape index (κ1) is 14.1. The Morgan fingerprint density at radius 3 is 2.20 bits per heavy atom. The van der Waals surface area contributed by atoms with Crippen LogP contribution in [-0.4, -0.2) is 17.0 Å². The van der Waals surface area contributed by atoms with Crippen molar-refractivity contribution in [3.05, 3.63) is 65.2 Å². The lowest BCUT2D eigenvalue weighted by atomic mass is 9.98. The molecule has 0 saturated heterocycles. The molecule has 20 heavy (non-hydrogen) atoms. The summed E-state index contributed by atoms with van der Waals surface area (Å²) in [4.78, 5) is 23.5. The minimum Gasteiger partial charge on any atom is -0.480 e. The van der Waals surface area contributed by atoms with E-state index in [1.54, 1.807) is 54.6 Å². The van der Waals surface area contributed by atoms with Crippen LogP contribution in [0.1, 0.15) is 11.5 Å². The zero-order chi connectivity index (χ0) is 14.5. The monoisotopic (exact) mass is 289 g/mol. The SMILES string of the molecule is O=C(O)C(C(=O)Nc1ccccc1Cl)c1ccccc1. The maximum absolute atomic E-state index is 12.2. The van der Waals surface area contributed by atoms with Gasteiger partial charge in [0.05, 0.1) is 10.7 Å². The zero-order valence-electron chi connectivity index (χ0n) is 10.4. The molecule has 0 aromatic heterocycles. The first-order valence-electron chi connectivity index (χ1n) is 5.92. The molecule has 2 N–H and O–H groups in total. The van der Waals surface area contributed by atoms with Gasteiger partial charge in [0.15, 0.2) is 5.92 Å². The molecular weight excluding hydrogens is 278 g/mol. The van der Waals surface area contributed by atoms with Crippen molar-refractivity contribution in [2.45, 2.75) is 5.92 Å². The van der Waals surface area contributed by atoms with Gasteiger partial charge in [-0.05, 0) is 17.7 Å². The highest BCUT2D eigenvalue weighted by atomic mass is 35.5. The average molecular weight is 290 g/mol. The Labute approximate surface area is 121 Å². The average Bonchev–Trinajstić information content (AvgIpc) is 2.42. The summed E-state index contributed by atoms with van der Waals surface area (Å²) in [5.74, 6) is -3.11. The minimum absolute atomic E-state index is 0.359. The number of carbonyl (C=O) groups is 2. The highest BCUT2D eigenvalue weighted by Crippen LogP contribution is 2.23. The van der Waals surface area contributed by atoms with Crippen LogP contribution >= 0.6 is 11.6 Å². The van der Waals surface area contributed by atoms with E-state index in [0.717, 1.165) is 0 Å². The van der Waals surface area contributed by atoms with Crippen LogP contribution in [0.4, 0.5) is 5.69 Å². The van der Waals surface area contributed by atoms with Crippen LogP contribution in [0.2, 0.25) is 5.02 Å². The molecule has 0 fully saturated rings. The maximum Gasteiger partial charge on any atom is 0.320 e. The fraction of sp³-hybridized carbons (Fsp3) is 0.0667.